The van der Waals surface area contributed by atoms with Gasteiger partial charge in [0.15, 0.2) is 0 Å². The van der Waals surface area contributed by atoms with E-state index in [2.05, 4.69) is 35.2 Å². The molecule has 0 aromatic heterocycles. The van der Waals surface area contributed by atoms with Gasteiger partial charge in [-0.2, -0.15) is 0 Å². The second kappa shape index (κ2) is 5.84. The maximum absolute atomic E-state index is 9.34. The van der Waals surface area contributed by atoms with Crippen molar-refractivity contribution in [2.75, 3.05) is 13.2 Å². The third-order valence-corrected chi connectivity index (χ3v) is 5.39. The molecular weight excluding hydrogens is 248 g/mol. The molecule has 2 atom stereocenters. The van der Waals surface area contributed by atoms with E-state index in [0.717, 1.165) is 32.4 Å². The Morgan fingerprint density at radius 3 is 2.35 bits per heavy atom. The molecule has 2 aliphatic rings. The molecule has 3 heteroatoms. The third kappa shape index (κ3) is 2.62. The fraction of sp³-hybridized carbons (Fsp3) is 0.647. The lowest BCUT2D eigenvalue weighted by molar-refractivity contribution is 0.0249. The number of benzene rings is 1. The number of fused-ring (bicyclic) bond motifs is 2. The smallest absolute Gasteiger partial charge is 0.0436 e. The van der Waals surface area contributed by atoms with Crippen molar-refractivity contribution in [2.24, 2.45) is 11.1 Å². The zero-order chi connectivity index (χ0) is 14.0. The van der Waals surface area contributed by atoms with Gasteiger partial charge in [0.2, 0.25) is 0 Å². The Balaban J connectivity index is 1.72. The molecule has 20 heavy (non-hydrogen) atoms. The summed E-state index contributed by atoms with van der Waals surface area (Å²) in [6.07, 6.45) is 5.78. The Kier molecular flexibility index (Phi) is 4.11. The van der Waals surface area contributed by atoms with Crippen LogP contribution in [0.25, 0.3) is 0 Å². The highest BCUT2D eigenvalue weighted by Gasteiger charge is 2.46. The van der Waals surface area contributed by atoms with Gasteiger partial charge in [-0.05, 0) is 49.6 Å². The average molecular weight is 274 g/mol. The summed E-state index contributed by atoms with van der Waals surface area (Å²) in [6, 6.07) is 12.1. The molecule has 1 aromatic rings. The Hall–Kier alpha value is -0.900. The summed E-state index contributed by atoms with van der Waals surface area (Å²) >= 11 is 0. The Morgan fingerprint density at radius 2 is 1.80 bits per heavy atom. The highest BCUT2D eigenvalue weighted by Crippen LogP contribution is 2.47. The van der Waals surface area contributed by atoms with E-state index in [0.29, 0.717) is 12.1 Å². The summed E-state index contributed by atoms with van der Waals surface area (Å²) in [5, 5.41) is 9.34. The number of aliphatic hydroxyl groups is 1. The van der Waals surface area contributed by atoms with Crippen LogP contribution in [0.15, 0.2) is 30.3 Å². The first-order valence-corrected chi connectivity index (χ1v) is 7.87. The Labute approximate surface area is 121 Å². The van der Waals surface area contributed by atoms with Gasteiger partial charge in [-0.25, -0.2) is 0 Å². The van der Waals surface area contributed by atoms with Gasteiger partial charge >= 0.3 is 0 Å². The minimum atomic E-state index is 0.188. The molecule has 3 nitrogen and oxygen atoms in total. The van der Waals surface area contributed by atoms with E-state index in [4.69, 9.17) is 5.73 Å². The minimum absolute atomic E-state index is 0.188. The average Bonchev–Trinajstić information content (AvgIpc) is 2.73. The van der Waals surface area contributed by atoms with Gasteiger partial charge < -0.3 is 10.8 Å². The van der Waals surface area contributed by atoms with E-state index in [-0.39, 0.29) is 12.0 Å². The lowest BCUT2D eigenvalue weighted by Crippen LogP contribution is -2.50. The van der Waals surface area contributed by atoms with Gasteiger partial charge in [0, 0.05) is 25.2 Å². The summed E-state index contributed by atoms with van der Waals surface area (Å²) in [4.78, 5) is 2.68. The first kappa shape index (κ1) is 14.1. The molecule has 2 saturated heterocycles. The third-order valence-electron chi connectivity index (χ3n) is 5.39. The van der Waals surface area contributed by atoms with Crippen LogP contribution in [0.3, 0.4) is 0 Å². The number of piperidine rings is 1. The fourth-order valence-corrected chi connectivity index (χ4v) is 4.30. The van der Waals surface area contributed by atoms with E-state index >= 15 is 0 Å². The van der Waals surface area contributed by atoms with Crippen molar-refractivity contribution in [1.29, 1.82) is 0 Å². The van der Waals surface area contributed by atoms with Crippen LogP contribution in [0, 0.1) is 5.41 Å². The molecule has 0 saturated carbocycles. The minimum Gasteiger partial charge on any atom is -0.396 e. The van der Waals surface area contributed by atoms with Gasteiger partial charge in [-0.1, -0.05) is 30.3 Å². The van der Waals surface area contributed by atoms with Gasteiger partial charge in [0.25, 0.3) is 0 Å². The molecule has 2 aliphatic heterocycles. The number of hydrogen-bond donors (Lipinski definition) is 2. The molecule has 0 aliphatic carbocycles. The van der Waals surface area contributed by atoms with E-state index in [1.165, 1.54) is 18.4 Å². The molecule has 2 bridgehead atoms. The molecule has 1 aromatic carbocycles. The van der Waals surface area contributed by atoms with E-state index < -0.39 is 0 Å². The van der Waals surface area contributed by atoms with Crippen LogP contribution in [0.5, 0.6) is 0 Å². The fourth-order valence-electron chi connectivity index (χ4n) is 4.30. The van der Waals surface area contributed by atoms with Gasteiger partial charge in [0.1, 0.15) is 0 Å². The summed E-state index contributed by atoms with van der Waals surface area (Å²) in [6.45, 7) is 2.06. The van der Waals surface area contributed by atoms with Crippen LogP contribution in [-0.2, 0) is 6.54 Å². The SMILES string of the molecule is NCC1(CCO)CC2CCC(C1)N2Cc1ccccc1. The van der Waals surface area contributed by atoms with Crippen LogP contribution in [0.4, 0.5) is 0 Å². The van der Waals surface area contributed by atoms with Crippen LogP contribution in [0.2, 0.25) is 0 Å². The number of nitrogens with two attached hydrogens (primary N) is 1. The largest absolute Gasteiger partial charge is 0.396 e. The topological polar surface area (TPSA) is 49.5 Å². The number of rotatable bonds is 5. The molecule has 2 fully saturated rings. The molecule has 2 heterocycles. The molecule has 2 unspecified atom stereocenters. The molecule has 3 rings (SSSR count). The lowest BCUT2D eigenvalue weighted by atomic mass is 9.72. The van der Waals surface area contributed by atoms with Crippen molar-refractivity contribution in [3.8, 4) is 0 Å². The molecule has 0 amide bonds. The summed E-state index contributed by atoms with van der Waals surface area (Å²) in [5.41, 5.74) is 7.64. The maximum Gasteiger partial charge on any atom is 0.0436 e. The zero-order valence-corrected chi connectivity index (χ0v) is 12.2. The first-order chi connectivity index (χ1) is 9.76. The molecule has 3 N–H and O–H groups in total. The Morgan fingerprint density at radius 1 is 1.15 bits per heavy atom. The van der Waals surface area contributed by atoms with Gasteiger partial charge in [-0.15, -0.1) is 0 Å². The van der Waals surface area contributed by atoms with E-state index in [1.807, 2.05) is 0 Å². The second-order valence-electron chi connectivity index (χ2n) is 6.63. The molecule has 110 valence electrons. The summed E-state index contributed by atoms with van der Waals surface area (Å²) < 4.78 is 0. The van der Waals surface area contributed by atoms with Gasteiger partial charge in [0.05, 0.1) is 0 Å². The van der Waals surface area contributed by atoms with Crippen molar-refractivity contribution in [3.63, 3.8) is 0 Å². The van der Waals surface area contributed by atoms with Crippen molar-refractivity contribution >= 4 is 0 Å². The summed E-state index contributed by atoms with van der Waals surface area (Å²) in [7, 11) is 0. The quantitative estimate of drug-likeness (QED) is 0.865. The van der Waals surface area contributed by atoms with Gasteiger partial charge in [-0.3, -0.25) is 4.90 Å². The predicted molar refractivity (Wildman–Crippen MR) is 81.2 cm³/mol. The van der Waals surface area contributed by atoms with Crippen molar-refractivity contribution in [2.45, 2.75) is 50.7 Å². The van der Waals surface area contributed by atoms with Crippen molar-refractivity contribution in [1.82, 2.24) is 4.90 Å². The second-order valence-corrected chi connectivity index (χ2v) is 6.63. The molecular formula is C17H26N2O. The molecule has 0 spiro atoms. The standard InChI is InChI=1S/C17H26N2O/c18-13-17(8-9-20)10-15-6-7-16(11-17)19(15)12-14-4-2-1-3-5-14/h1-5,15-16,20H,6-13,18H2. The van der Waals surface area contributed by atoms with Crippen LogP contribution in [0.1, 0.15) is 37.7 Å². The van der Waals surface area contributed by atoms with Crippen LogP contribution >= 0.6 is 0 Å². The zero-order valence-electron chi connectivity index (χ0n) is 12.2. The highest BCUT2D eigenvalue weighted by atomic mass is 16.3. The van der Waals surface area contributed by atoms with E-state index in [1.54, 1.807) is 0 Å². The van der Waals surface area contributed by atoms with Crippen molar-refractivity contribution < 1.29 is 5.11 Å². The predicted octanol–water partition coefficient (Wildman–Crippen LogP) is 2.14. The monoisotopic (exact) mass is 274 g/mol. The normalized spacial score (nSPS) is 33.5. The Bertz CT molecular complexity index is 420. The lowest BCUT2D eigenvalue weighted by Gasteiger charge is -2.46. The highest BCUT2D eigenvalue weighted by molar-refractivity contribution is 5.16. The molecule has 0 radical (unpaired) electrons. The number of hydrogen-bond acceptors (Lipinski definition) is 3. The summed E-state index contributed by atoms with van der Waals surface area (Å²) in [5.74, 6) is 0. The first-order valence-electron chi connectivity index (χ1n) is 7.87. The number of aliphatic hydroxyl groups excluding tert-OH is 1. The van der Waals surface area contributed by atoms with Crippen LogP contribution in [-0.4, -0.2) is 35.2 Å². The van der Waals surface area contributed by atoms with Crippen molar-refractivity contribution in [3.05, 3.63) is 35.9 Å². The van der Waals surface area contributed by atoms with E-state index in [9.17, 15) is 5.11 Å². The van der Waals surface area contributed by atoms with Crippen LogP contribution < -0.4 is 5.73 Å². The maximum atomic E-state index is 9.34. The number of nitrogens with zero attached hydrogens (tertiary/aromatic N) is 1.